The van der Waals surface area contributed by atoms with Crippen molar-refractivity contribution in [2.45, 2.75) is 0 Å². The largest absolute Gasteiger partial charge is 0.478 e. The van der Waals surface area contributed by atoms with Crippen LogP contribution in [-0.2, 0) is 9.59 Å². The van der Waals surface area contributed by atoms with Crippen molar-refractivity contribution in [2.75, 3.05) is 0 Å². The fraction of sp³-hybridized carbons (Fsp3) is 0. The van der Waals surface area contributed by atoms with E-state index in [2.05, 4.69) is 40.3 Å². The third kappa shape index (κ3) is 2.98. The smallest absolute Gasteiger partial charge is 0.328 e. The van der Waals surface area contributed by atoms with Crippen LogP contribution < -0.4 is 10.6 Å². The first kappa shape index (κ1) is 15.4. The zero-order valence-electron chi connectivity index (χ0n) is 12.4. The standard InChI is InChI=1S/C14H8N2.C4H4O4/c1-2-4-12-10(3-1)14-11-8-15-7-9(11)5-6-13(14)16-12;5-3(6)1-2-4(7)8/h1-8H;1-2H,(H,5,6)(H,7,8)/b;2-1+. The molecule has 4 rings (SSSR count). The second-order valence-electron chi connectivity index (χ2n) is 5.01. The molecule has 0 unspecified atom stereocenters. The van der Waals surface area contributed by atoms with E-state index in [4.69, 9.17) is 10.2 Å². The average Bonchev–Trinajstić information content (AvgIpc) is 3.16. The Bertz CT molecular complexity index is 1100. The van der Waals surface area contributed by atoms with Gasteiger partial charge < -0.3 is 10.2 Å². The lowest BCUT2D eigenvalue weighted by atomic mass is 10.1. The summed E-state index contributed by atoms with van der Waals surface area (Å²) in [7, 11) is 0. The molecule has 2 heterocycles. The van der Waals surface area contributed by atoms with Crippen LogP contribution in [0.25, 0.3) is 6.20 Å². The molecular formula is C18H12N2O4. The van der Waals surface area contributed by atoms with Gasteiger partial charge in [-0.1, -0.05) is 24.3 Å². The highest BCUT2D eigenvalue weighted by Gasteiger charge is 2.08. The number of para-hydroxylation sites is 1. The van der Waals surface area contributed by atoms with Crippen molar-refractivity contribution >= 4 is 30.0 Å². The van der Waals surface area contributed by atoms with E-state index < -0.39 is 11.9 Å². The van der Waals surface area contributed by atoms with Gasteiger partial charge in [-0.05, 0) is 12.1 Å². The summed E-state index contributed by atoms with van der Waals surface area (Å²) < 4.78 is 0. The van der Waals surface area contributed by atoms with Crippen LogP contribution in [0.4, 0.5) is 5.69 Å². The molecule has 2 aromatic rings. The highest BCUT2D eigenvalue weighted by molar-refractivity contribution is 5.89. The van der Waals surface area contributed by atoms with Crippen molar-refractivity contribution in [2.24, 2.45) is 9.98 Å². The summed E-state index contributed by atoms with van der Waals surface area (Å²) in [6, 6.07) is 12.4. The monoisotopic (exact) mass is 320 g/mol. The molecule has 2 aliphatic rings. The molecule has 0 atom stereocenters. The van der Waals surface area contributed by atoms with E-state index in [1.165, 1.54) is 21.2 Å². The zero-order chi connectivity index (χ0) is 17.1. The number of carboxylic acids is 2. The molecule has 0 radical (unpaired) electrons. The molecule has 0 fully saturated rings. The normalized spacial score (nSPS) is 12.3. The maximum atomic E-state index is 9.55. The fourth-order valence-electron chi connectivity index (χ4n) is 2.50. The van der Waals surface area contributed by atoms with Crippen LogP contribution in [0.15, 0.2) is 58.5 Å². The lowest BCUT2D eigenvalue weighted by Crippen LogP contribution is -2.07. The molecule has 2 aromatic carbocycles. The SMILES string of the molecule is C1=NC=c2c1ccc1c2=c2ccccc2=N1.O=C(O)/C=C/C(=O)O. The van der Waals surface area contributed by atoms with Crippen LogP contribution in [0.1, 0.15) is 5.56 Å². The maximum Gasteiger partial charge on any atom is 0.328 e. The van der Waals surface area contributed by atoms with Gasteiger partial charge in [-0.3, -0.25) is 4.99 Å². The molecule has 6 heteroatoms. The van der Waals surface area contributed by atoms with Gasteiger partial charge in [0.2, 0.25) is 0 Å². The van der Waals surface area contributed by atoms with Gasteiger partial charge in [0.05, 0.1) is 11.0 Å². The van der Waals surface area contributed by atoms with Gasteiger partial charge in [-0.25, -0.2) is 14.6 Å². The molecule has 24 heavy (non-hydrogen) atoms. The molecule has 0 bridgehead atoms. The summed E-state index contributed by atoms with van der Waals surface area (Å²) in [4.78, 5) is 27.9. The average molecular weight is 320 g/mol. The van der Waals surface area contributed by atoms with Crippen molar-refractivity contribution in [1.29, 1.82) is 0 Å². The third-order valence-electron chi connectivity index (χ3n) is 3.46. The van der Waals surface area contributed by atoms with Crippen molar-refractivity contribution < 1.29 is 19.8 Å². The molecule has 2 aliphatic heterocycles. The van der Waals surface area contributed by atoms with E-state index in [9.17, 15) is 9.59 Å². The highest BCUT2D eigenvalue weighted by atomic mass is 16.4. The maximum absolute atomic E-state index is 9.55. The van der Waals surface area contributed by atoms with Gasteiger partial charge in [0.1, 0.15) is 0 Å². The summed E-state index contributed by atoms with van der Waals surface area (Å²) in [5.74, 6) is -2.51. The Morgan fingerprint density at radius 1 is 0.958 bits per heavy atom. The molecule has 0 spiro atoms. The first-order valence-electron chi connectivity index (χ1n) is 7.05. The molecule has 2 N–H and O–H groups in total. The summed E-state index contributed by atoms with van der Waals surface area (Å²) in [5.41, 5.74) is 2.24. The molecule has 0 amide bonds. The molecular weight excluding hydrogens is 308 g/mol. The van der Waals surface area contributed by atoms with E-state index in [1.807, 2.05) is 18.5 Å². The number of benzene rings is 2. The fourth-order valence-corrected chi connectivity index (χ4v) is 2.50. The second kappa shape index (κ2) is 6.29. The summed E-state index contributed by atoms with van der Waals surface area (Å²) in [6.45, 7) is 0. The lowest BCUT2D eigenvalue weighted by Gasteiger charge is -1.93. The number of aliphatic carboxylic acids is 2. The number of hydrogen-bond donors (Lipinski definition) is 2. The first-order chi connectivity index (χ1) is 11.6. The summed E-state index contributed by atoms with van der Waals surface area (Å²) in [5, 5.41) is 20.3. The zero-order valence-corrected chi connectivity index (χ0v) is 12.4. The number of carbonyl (C=O) groups is 2. The van der Waals surface area contributed by atoms with Crippen molar-refractivity contribution in [1.82, 2.24) is 0 Å². The number of fused-ring (bicyclic) bond motifs is 4. The van der Waals surface area contributed by atoms with Gasteiger partial charge in [0.25, 0.3) is 0 Å². The van der Waals surface area contributed by atoms with Gasteiger partial charge in [-0.2, -0.15) is 0 Å². The van der Waals surface area contributed by atoms with E-state index in [-0.39, 0.29) is 0 Å². The van der Waals surface area contributed by atoms with Crippen LogP contribution in [-0.4, -0.2) is 28.4 Å². The van der Waals surface area contributed by atoms with Crippen LogP contribution in [0.3, 0.4) is 0 Å². The number of rotatable bonds is 2. The number of carboxylic acid groups (broad SMARTS) is 2. The second-order valence-corrected chi connectivity index (χ2v) is 5.01. The lowest BCUT2D eigenvalue weighted by molar-refractivity contribution is -0.134. The van der Waals surface area contributed by atoms with Crippen molar-refractivity contribution in [3.05, 3.63) is 75.1 Å². The van der Waals surface area contributed by atoms with Gasteiger partial charge >= 0.3 is 11.9 Å². The van der Waals surface area contributed by atoms with E-state index in [0.717, 1.165) is 11.0 Å². The Morgan fingerprint density at radius 2 is 1.67 bits per heavy atom. The minimum absolute atomic E-state index is 0.558. The summed E-state index contributed by atoms with van der Waals surface area (Å²) >= 11 is 0. The number of aliphatic imine (C=N–C) groups is 1. The molecule has 0 aromatic heterocycles. The summed E-state index contributed by atoms with van der Waals surface area (Å²) in [6.07, 6.45) is 4.94. The Hall–Kier alpha value is -3.54. The van der Waals surface area contributed by atoms with E-state index >= 15 is 0 Å². The molecule has 6 nitrogen and oxygen atoms in total. The molecule has 0 saturated heterocycles. The van der Waals surface area contributed by atoms with E-state index in [0.29, 0.717) is 12.2 Å². The van der Waals surface area contributed by atoms with Gasteiger partial charge in [-0.15, -0.1) is 0 Å². The number of hydrogen-bond acceptors (Lipinski definition) is 4. The van der Waals surface area contributed by atoms with Crippen molar-refractivity contribution in [3.8, 4) is 0 Å². The minimum Gasteiger partial charge on any atom is -0.478 e. The Labute approximate surface area is 135 Å². The topological polar surface area (TPSA) is 99.3 Å². The molecule has 118 valence electrons. The Morgan fingerprint density at radius 3 is 2.38 bits per heavy atom. The van der Waals surface area contributed by atoms with Gasteiger partial charge in [0, 0.05) is 45.8 Å². The van der Waals surface area contributed by atoms with Crippen molar-refractivity contribution in [3.63, 3.8) is 0 Å². The minimum atomic E-state index is -1.26. The molecule has 0 saturated carbocycles. The Balaban J connectivity index is 0.000000183. The van der Waals surface area contributed by atoms with Crippen LogP contribution in [0.2, 0.25) is 0 Å². The molecule has 0 aliphatic carbocycles. The van der Waals surface area contributed by atoms with Crippen LogP contribution in [0.5, 0.6) is 0 Å². The third-order valence-corrected chi connectivity index (χ3v) is 3.46. The van der Waals surface area contributed by atoms with Gasteiger partial charge in [0.15, 0.2) is 0 Å². The Kier molecular flexibility index (Phi) is 4.03. The van der Waals surface area contributed by atoms with Crippen LogP contribution >= 0.6 is 0 Å². The number of nitrogens with zero attached hydrogens (tertiary/aromatic N) is 2. The predicted molar refractivity (Wildman–Crippen MR) is 87.5 cm³/mol. The van der Waals surface area contributed by atoms with E-state index in [1.54, 1.807) is 0 Å². The van der Waals surface area contributed by atoms with Crippen LogP contribution in [0, 0.1) is 10.4 Å². The predicted octanol–water partition coefficient (Wildman–Crippen LogP) is 1.12. The first-order valence-corrected chi connectivity index (χ1v) is 7.05. The quantitative estimate of drug-likeness (QED) is 0.691. The highest BCUT2D eigenvalue weighted by Crippen LogP contribution is 2.16.